The number of hydrogen-bond donors (Lipinski definition) is 0. The number of pyridine rings is 2. The van der Waals surface area contributed by atoms with Gasteiger partial charge in [0.1, 0.15) is 23.4 Å². The molecule has 3 heterocycles. The van der Waals surface area contributed by atoms with E-state index in [2.05, 4.69) is 4.98 Å². The van der Waals surface area contributed by atoms with Crippen LogP contribution >= 0.6 is 11.5 Å². The van der Waals surface area contributed by atoms with Gasteiger partial charge in [-0.25, -0.2) is 13.8 Å². The molecule has 0 unspecified atom stereocenters. The van der Waals surface area contributed by atoms with E-state index in [0.717, 1.165) is 10.8 Å². The van der Waals surface area contributed by atoms with Gasteiger partial charge in [-0.1, -0.05) is 11.5 Å². The number of nitriles is 1. The molecule has 22 heavy (non-hydrogen) atoms. The summed E-state index contributed by atoms with van der Waals surface area (Å²) in [6.07, 6.45) is 1.51. The lowest BCUT2D eigenvalue weighted by Crippen LogP contribution is -2.05. The molecule has 0 saturated carbocycles. The molecule has 1 aromatic carbocycles. The van der Waals surface area contributed by atoms with Crippen molar-refractivity contribution in [3.05, 3.63) is 58.0 Å². The molecule has 0 aliphatic rings. The largest absolute Gasteiger partial charge is 0.289 e. The highest BCUT2D eigenvalue weighted by Crippen LogP contribution is 2.30. The van der Waals surface area contributed by atoms with Gasteiger partial charge in [-0.3, -0.25) is 8.58 Å². The van der Waals surface area contributed by atoms with Crippen LogP contribution in [0.4, 0.5) is 8.78 Å². The molecule has 7 heteroatoms. The SMILES string of the molecule is N#Cc1cc2c(cn1)sn1c3cc(F)cc(F)c3c(=O)cc21. The van der Waals surface area contributed by atoms with Crippen LogP contribution in [-0.2, 0) is 0 Å². The maximum Gasteiger partial charge on any atom is 0.193 e. The van der Waals surface area contributed by atoms with Crippen molar-refractivity contribution in [1.29, 1.82) is 5.26 Å². The predicted molar refractivity (Wildman–Crippen MR) is 79.0 cm³/mol. The molecule has 0 atom stereocenters. The van der Waals surface area contributed by atoms with Gasteiger partial charge in [0.05, 0.1) is 21.1 Å². The zero-order chi connectivity index (χ0) is 15.4. The minimum atomic E-state index is -0.886. The van der Waals surface area contributed by atoms with E-state index < -0.39 is 17.1 Å². The topological polar surface area (TPSA) is 58.2 Å². The second kappa shape index (κ2) is 4.32. The molecule has 4 aromatic rings. The second-order valence-electron chi connectivity index (χ2n) is 4.74. The fourth-order valence-electron chi connectivity index (χ4n) is 2.51. The molecule has 0 aliphatic carbocycles. The predicted octanol–water partition coefficient (Wildman–Crippen LogP) is 3.21. The Morgan fingerprint density at radius 1 is 1.18 bits per heavy atom. The van der Waals surface area contributed by atoms with Crippen LogP contribution in [0.3, 0.4) is 0 Å². The van der Waals surface area contributed by atoms with Crippen LogP contribution < -0.4 is 5.43 Å². The van der Waals surface area contributed by atoms with E-state index in [4.69, 9.17) is 5.26 Å². The third kappa shape index (κ3) is 1.64. The van der Waals surface area contributed by atoms with Crippen LogP contribution in [0.5, 0.6) is 0 Å². The van der Waals surface area contributed by atoms with Gasteiger partial charge in [-0.05, 0) is 12.1 Å². The highest BCUT2D eigenvalue weighted by atomic mass is 32.1. The molecule has 0 fully saturated rings. The van der Waals surface area contributed by atoms with Crippen molar-refractivity contribution >= 4 is 38.0 Å². The van der Waals surface area contributed by atoms with Crippen LogP contribution in [0.15, 0.2) is 35.3 Å². The third-order valence-corrected chi connectivity index (χ3v) is 4.53. The molecule has 106 valence electrons. The summed E-state index contributed by atoms with van der Waals surface area (Å²) in [7, 11) is 0. The van der Waals surface area contributed by atoms with Crippen molar-refractivity contribution in [2.24, 2.45) is 0 Å². The Morgan fingerprint density at radius 3 is 2.77 bits per heavy atom. The fourth-order valence-corrected chi connectivity index (χ4v) is 3.56. The molecule has 0 bridgehead atoms. The summed E-state index contributed by atoms with van der Waals surface area (Å²) in [5, 5.41) is 9.43. The molecule has 4 nitrogen and oxygen atoms in total. The van der Waals surface area contributed by atoms with Crippen molar-refractivity contribution in [2.75, 3.05) is 0 Å². The Balaban J connectivity index is 2.31. The Kier molecular flexibility index (Phi) is 2.53. The fraction of sp³-hybridized carbons (Fsp3) is 0. The average Bonchev–Trinajstić information content (AvgIpc) is 2.84. The highest BCUT2D eigenvalue weighted by molar-refractivity contribution is 7.14. The van der Waals surface area contributed by atoms with Gasteiger partial charge in [0, 0.05) is 23.7 Å². The Morgan fingerprint density at radius 2 is 2.00 bits per heavy atom. The second-order valence-corrected chi connectivity index (χ2v) is 5.73. The number of nitrogens with zero attached hydrogens (tertiary/aromatic N) is 3. The number of aromatic nitrogens is 2. The smallest absolute Gasteiger partial charge is 0.193 e. The van der Waals surface area contributed by atoms with Crippen molar-refractivity contribution in [2.45, 2.75) is 0 Å². The highest BCUT2D eigenvalue weighted by Gasteiger charge is 2.15. The molecule has 4 rings (SSSR count). The van der Waals surface area contributed by atoms with Crippen LogP contribution in [0, 0.1) is 23.0 Å². The standard InChI is InChI=1S/C15H5F2N3OS/c16-7-1-10(17)15-12(2-7)20-11(4-13(15)21)9-3-8(5-18)19-6-14(9)22-20/h1-4,6H. The van der Waals surface area contributed by atoms with E-state index in [1.165, 1.54) is 23.8 Å². The van der Waals surface area contributed by atoms with Gasteiger partial charge in [0.15, 0.2) is 5.43 Å². The summed E-state index contributed by atoms with van der Waals surface area (Å²) in [5.74, 6) is -1.64. The van der Waals surface area contributed by atoms with Gasteiger partial charge in [0.25, 0.3) is 0 Å². The monoisotopic (exact) mass is 313 g/mol. The van der Waals surface area contributed by atoms with Gasteiger partial charge in [-0.15, -0.1) is 0 Å². The molecule has 0 aliphatic heterocycles. The van der Waals surface area contributed by atoms with E-state index in [1.54, 1.807) is 9.86 Å². The first kappa shape index (κ1) is 12.9. The first-order chi connectivity index (χ1) is 10.6. The summed E-state index contributed by atoms with van der Waals surface area (Å²) in [5.41, 5.74) is 0.356. The number of rotatable bonds is 0. The van der Waals surface area contributed by atoms with Crippen LogP contribution in [0.2, 0.25) is 0 Å². The minimum absolute atomic E-state index is 0.154. The molecule has 0 saturated heterocycles. The van der Waals surface area contributed by atoms with E-state index >= 15 is 0 Å². The van der Waals surface area contributed by atoms with E-state index in [0.29, 0.717) is 17.0 Å². The number of benzene rings is 1. The van der Waals surface area contributed by atoms with Gasteiger partial charge < -0.3 is 0 Å². The molecular weight excluding hydrogens is 308 g/mol. The van der Waals surface area contributed by atoms with Gasteiger partial charge in [-0.2, -0.15) is 5.26 Å². The lowest BCUT2D eigenvalue weighted by atomic mass is 10.1. The van der Waals surface area contributed by atoms with E-state index in [9.17, 15) is 13.6 Å². The quantitative estimate of drug-likeness (QED) is 0.501. The number of halogens is 2. The Hall–Kier alpha value is -2.85. The zero-order valence-electron chi connectivity index (χ0n) is 10.8. The molecule has 0 amide bonds. The average molecular weight is 313 g/mol. The van der Waals surface area contributed by atoms with Crippen LogP contribution in [-0.4, -0.2) is 8.77 Å². The Labute approximate surface area is 125 Å². The normalized spacial score (nSPS) is 11.3. The maximum atomic E-state index is 13.9. The molecule has 3 aromatic heterocycles. The zero-order valence-corrected chi connectivity index (χ0v) is 11.6. The maximum absolute atomic E-state index is 13.9. The number of hydrogen-bond acceptors (Lipinski definition) is 4. The van der Waals surface area contributed by atoms with Crippen LogP contribution in [0.1, 0.15) is 5.69 Å². The van der Waals surface area contributed by atoms with Gasteiger partial charge >= 0.3 is 0 Å². The van der Waals surface area contributed by atoms with E-state index in [1.807, 2.05) is 6.07 Å². The lowest BCUT2D eigenvalue weighted by molar-refractivity contribution is 0.591. The summed E-state index contributed by atoms with van der Waals surface area (Å²) >= 11 is 1.21. The number of fused-ring (bicyclic) bond motifs is 5. The molecule has 0 radical (unpaired) electrons. The first-order valence-electron chi connectivity index (χ1n) is 6.22. The lowest BCUT2D eigenvalue weighted by Gasteiger charge is -2.02. The minimum Gasteiger partial charge on any atom is -0.289 e. The third-order valence-electron chi connectivity index (χ3n) is 3.43. The summed E-state index contributed by atoms with van der Waals surface area (Å²) < 4.78 is 29.7. The molecule has 0 spiro atoms. The molecule has 0 N–H and O–H groups in total. The van der Waals surface area contributed by atoms with Crippen molar-refractivity contribution < 1.29 is 8.78 Å². The summed E-state index contributed by atoms with van der Waals surface area (Å²) in [4.78, 5) is 16.1. The Bertz CT molecular complexity index is 1190. The van der Waals surface area contributed by atoms with Crippen molar-refractivity contribution in [1.82, 2.24) is 8.77 Å². The summed E-state index contributed by atoms with van der Waals surface area (Å²) in [6.45, 7) is 0. The van der Waals surface area contributed by atoms with Crippen LogP contribution in [0.25, 0.3) is 26.5 Å². The van der Waals surface area contributed by atoms with Crippen molar-refractivity contribution in [3.8, 4) is 6.07 Å². The van der Waals surface area contributed by atoms with Crippen molar-refractivity contribution in [3.63, 3.8) is 0 Å². The first-order valence-corrected chi connectivity index (χ1v) is 6.99. The van der Waals surface area contributed by atoms with Gasteiger partial charge in [0.2, 0.25) is 0 Å². The summed E-state index contributed by atoms with van der Waals surface area (Å²) in [6, 6.07) is 6.60. The van der Waals surface area contributed by atoms with E-state index in [-0.39, 0.29) is 16.6 Å². The molecular formula is C15H5F2N3OS.